The van der Waals surface area contributed by atoms with Gasteiger partial charge in [-0.1, -0.05) is 58.9 Å². The third-order valence-corrected chi connectivity index (χ3v) is 10.2. The van der Waals surface area contributed by atoms with E-state index < -0.39 is 24.2 Å². The van der Waals surface area contributed by atoms with E-state index in [0.717, 1.165) is 0 Å². The van der Waals surface area contributed by atoms with Crippen LogP contribution in [0.1, 0.15) is 0 Å². The van der Waals surface area contributed by atoms with E-state index in [4.69, 9.17) is 0 Å². The fourth-order valence-corrected chi connectivity index (χ4v) is 5.93. The minimum Gasteiger partial charge on any atom is -0.214 e. The fourth-order valence-electron chi connectivity index (χ4n) is 2.25. The van der Waals surface area contributed by atoms with E-state index in [1.165, 1.54) is 0 Å². The van der Waals surface area contributed by atoms with Crippen LogP contribution >= 0.6 is 0 Å². The molecule has 23 heavy (non-hydrogen) atoms. The van der Waals surface area contributed by atoms with Crippen LogP contribution in [0.25, 0.3) is 0 Å². The van der Waals surface area contributed by atoms with Crippen molar-refractivity contribution < 1.29 is 16.8 Å². The van der Waals surface area contributed by atoms with Crippen molar-refractivity contribution in [2.75, 3.05) is 0 Å². The van der Waals surface area contributed by atoms with E-state index in [-0.39, 0.29) is 16.8 Å². The fraction of sp³-hybridized carbons (Fsp3) is 0.474. The summed E-state index contributed by atoms with van der Waals surface area (Å²) < 4.78 is 0. The van der Waals surface area contributed by atoms with Crippen LogP contribution in [0, 0.1) is 0 Å². The maximum absolute atomic E-state index is 2.46. The number of rotatable bonds is 3. The van der Waals surface area contributed by atoms with Gasteiger partial charge in [0.1, 0.15) is 0 Å². The van der Waals surface area contributed by atoms with Gasteiger partial charge in [0.05, 0.1) is 0 Å². The summed E-state index contributed by atoms with van der Waals surface area (Å²) in [5, 5.41) is 4.79. The Kier molecular flexibility index (Phi) is 8.24. The molecule has 0 heterocycles. The van der Waals surface area contributed by atoms with Gasteiger partial charge in [-0.05, 0) is 0 Å². The quantitative estimate of drug-likeness (QED) is 0.523. The predicted octanol–water partition coefficient (Wildman–Crippen LogP) is 4.44. The second-order valence-corrected chi connectivity index (χ2v) is 24.5. The predicted molar refractivity (Wildman–Crippen MR) is 113 cm³/mol. The Balaban J connectivity index is 0.000000427. The first kappa shape index (κ1) is 22.9. The van der Waals surface area contributed by atoms with E-state index in [2.05, 4.69) is 101 Å². The molecule has 0 aliphatic heterocycles. The van der Waals surface area contributed by atoms with Gasteiger partial charge in [0.15, 0.2) is 0 Å². The van der Waals surface area contributed by atoms with Crippen molar-refractivity contribution in [3.63, 3.8) is 0 Å². The van der Waals surface area contributed by atoms with Crippen LogP contribution in [0.3, 0.4) is 0 Å². The Hall–Kier alpha value is -0.143. The molecule has 0 spiro atoms. The number of hydrogen-bond acceptors (Lipinski definition) is 0. The largest absolute Gasteiger partial charge is 2.00 e. The Morgan fingerprint density at radius 3 is 1.30 bits per heavy atom. The van der Waals surface area contributed by atoms with Crippen LogP contribution in [-0.2, 0) is 16.8 Å². The molecule has 0 saturated carbocycles. The minimum absolute atomic E-state index is 0. The SMILES string of the molecule is C[Si](C)(C)[c-]1cccc1.C[Si](C)(C)c1cc[c-]([Si](C)(C)C)c1.[Co+2]. The Morgan fingerprint density at radius 2 is 1.09 bits per heavy atom. The summed E-state index contributed by atoms with van der Waals surface area (Å²) in [5.74, 6) is 0. The molecule has 0 aliphatic rings. The minimum atomic E-state index is -1.07. The van der Waals surface area contributed by atoms with Crippen molar-refractivity contribution in [3.8, 4) is 0 Å². The van der Waals surface area contributed by atoms with Gasteiger partial charge in [-0.15, -0.1) is 0 Å². The standard InChI is InChI=1S/C11H21Si2.C8H13Si.Co/c1-12(2,3)10-7-8-11(9-10)13(4,5)6;1-9(2,3)8-6-4-5-7-8;/h7-9H,1-6H3;4-7H,1-3H3;/q2*-1;+2. The van der Waals surface area contributed by atoms with Crippen LogP contribution < -0.4 is 15.6 Å². The summed E-state index contributed by atoms with van der Waals surface area (Å²) >= 11 is 0. The molecule has 0 N–H and O–H groups in total. The molecule has 0 nitrogen and oxygen atoms in total. The maximum atomic E-state index is 2.46. The molecule has 4 heteroatoms. The van der Waals surface area contributed by atoms with Gasteiger partial charge in [0, 0.05) is 24.2 Å². The van der Waals surface area contributed by atoms with Gasteiger partial charge in [-0.25, -0.2) is 23.4 Å². The molecule has 0 saturated heterocycles. The van der Waals surface area contributed by atoms with Crippen molar-refractivity contribution in [3.05, 3.63) is 42.5 Å². The van der Waals surface area contributed by atoms with Gasteiger partial charge in [-0.2, -0.15) is 34.6 Å². The van der Waals surface area contributed by atoms with Gasteiger partial charge >= 0.3 is 16.8 Å². The summed E-state index contributed by atoms with van der Waals surface area (Å²) in [5.41, 5.74) is 0. The van der Waals surface area contributed by atoms with E-state index in [0.29, 0.717) is 0 Å². The van der Waals surface area contributed by atoms with E-state index in [9.17, 15) is 0 Å². The molecule has 2 rings (SSSR count). The monoisotopic (exact) mass is 405 g/mol. The van der Waals surface area contributed by atoms with Crippen molar-refractivity contribution in [1.29, 1.82) is 0 Å². The normalized spacial score (nSPS) is 12.2. The van der Waals surface area contributed by atoms with Crippen LogP contribution in [0.2, 0.25) is 58.9 Å². The molecule has 131 valence electrons. The molecule has 0 amide bonds. The average molecular weight is 406 g/mol. The Morgan fingerprint density at radius 1 is 0.652 bits per heavy atom. The summed E-state index contributed by atoms with van der Waals surface area (Å²) in [7, 11) is -3.12. The Bertz CT molecular complexity index is 533. The van der Waals surface area contributed by atoms with E-state index in [1.54, 1.807) is 15.6 Å². The van der Waals surface area contributed by atoms with Gasteiger partial charge in [-0.3, -0.25) is 0 Å². The number of hydrogen-bond donors (Lipinski definition) is 0. The molecule has 2 aromatic rings. The van der Waals surface area contributed by atoms with Crippen LogP contribution in [0.5, 0.6) is 0 Å². The molecular formula is C19H34CoSi3. The van der Waals surface area contributed by atoms with E-state index >= 15 is 0 Å². The summed E-state index contributed by atoms with van der Waals surface area (Å²) in [6.45, 7) is 21.6. The summed E-state index contributed by atoms with van der Waals surface area (Å²) in [6.07, 6.45) is 0. The molecule has 2 aromatic carbocycles. The Labute approximate surface area is 157 Å². The van der Waals surface area contributed by atoms with Crippen molar-refractivity contribution in [2.45, 2.75) is 58.9 Å². The maximum Gasteiger partial charge on any atom is 2.00 e. The van der Waals surface area contributed by atoms with Crippen molar-refractivity contribution >= 4 is 39.8 Å². The van der Waals surface area contributed by atoms with Gasteiger partial charge in [0.25, 0.3) is 0 Å². The summed E-state index contributed by atoms with van der Waals surface area (Å²) in [4.78, 5) is 0. The van der Waals surface area contributed by atoms with Crippen LogP contribution in [0.15, 0.2) is 42.5 Å². The van der Waals surface area contributed by atoms with Gasteiger partial charge < -0.3 is 0 Å². The summed E-state index contributed by atoms with van der Waals surface area (Å²) in [6, 6.07) is 15.8. The smallest absolute Gasteiger partial charge is 0.214 e. The molecular weight excluding hydrogens is 371 g/mol. The topological polar surface area (TPSA) is 0 Å². The van der Waals surface area contributed by atoms with Gasteiger partial charge in [0.2, 0.25) is 0 Å². The first-order chi connectivity index (χ1) is 9.82. The molecule has 0 bridgehead atoms. The molecule has 0 atom stereocenters. The zero-order valence-corrected chi connectivity index (χ0v) is 20.4. The third-order valence-electron chi connectivity index (χ3n) is 4.01. The molecule has 0 unspecified atom stereocenters. The molecule has 0 aromatic heterocycles. The molecule has 1 radical (unpaired) electrons. The van der Waals surface area contributed by atoms with Crippen LogP contribution in [0.4, 0.5) is 0 Å². The first-order valence-corrected chi connectivity index (χ1v) is 18.8. The second-order valence-electron chi connectivity index (χ2n) is 9.31. The van der Waals surface area contributed by atoms with Crippen LogP contribution in [-0.4, -0.2) is 24.2 Å². The van der Waals surface area contributed by atoms with E-state index in [1.807, 2.05) is 0 Å². The molecule has 0 aliphatic carbocycles. The van der Waals surface area contributed by atoms with Crippen molar-refractivity contribution in [1.82, 2.24) is 0 Å². The average Bonchev–Trinajstić information content (AvgIpc) is 2.99. The molecule has 0 fully saturated rings. The zero-order valence-electron chi connectivity index (χ0n) is 16.4. The second kappa shape index (κ2) is 8.29. The van der Waals surface area contributed by atoms with Crippen molar-refractivity contribution in [2.24, 2.45) is 0 Å². The first-order valence-electron chi connectivity index (χ1n) is 8.32. The third kappa shape index (κ3) is 7.52. The zero-order chi connectivity index (χ0) is 17.2.